The van der Waals surface area contributed by atoms with Crippen molar-refractivity contribution < 1.29 is 28.2 Å². The van der Waals surface area contributed by atoms with Crippen LogP contribution in [0, 0.1) is 5.92 Å². The molecule has 0 radical (unpaired) electrons. The number of aryl methyl sites for hydroxylation is 1. The molecule has 2 N–H and O–H groups in total. The third-order valence-corrected chi connectivity index (χ3v) is 7.39. The Morgan fingerprint density at radius 3 is 2.52 bits per heavy atom. The van der Waals surface area contributed by atoms with Crippen LogP contribution in [0.5, 0.6) is 0 Å². The van der Waals surface area contributed by atoms with E-state index in [1.54, 1.807) is 6.92 Å². The maximum absolute atomic E-state index is 12.7. The molecule has 0 bridgehead atoms. The Morgan fingerprint density at radius 1 is 1.12 bits per heavy atom. The number of amides is 1. The van der Waals surface area contributed by atoms with Gasteiger partial charge in [0.05, 0.1) is 6.04 Å². The molecule has 1 aliphatic heterocycles. The molecule has 4 atom stereocenters. The van der Waals surface area contributed by atoms with Crippen molar-refractivity contribution >= 4 is 25.9 Å². The van der Waals surface area contributed by atoms with Crippen molar-refractivity contribution in [1.82, 2.24) is 10.6 Å². The Morgan fingerprint density at radius 2 is 1.85 bits per heavy atom. The molecule has 2 aliphatic rings. The van der Waals surface area contributed by atoms with Gasteiger partial charge in [0.25, 0.3) is 6.16 Å². The standard InChI is InChI=1S/C24H33N2O6P/c1-17(32-33(30)16-22(27)31-24(29)21-12-7-15-25-21)20(14-13-18-8-3-2-4-9-18)26-23(28)19-10-5-6-11-19/h2-4,8-9,17,19-21,25H,5-7,10-16H2,1H3/p+1/t17?,20?,21-/m0/s1. The van der Waals surface area contributed by atoms with E-state index in [1.165, 1.54) is 0 Å². The van der Waals surface area contributed by atoms with Gasteiger partial charge in [-0.05, 0) is 62.1 Å². The molecule has 3 rings (SSSR count). The lowest BCUT2D eigenvalue weighted by molar-refractivity contribution is -0.159. The van der Waals surface area contributed by atoms with Crippen LogP contribution in [0.25, 0.3) is 0 Å². The van der Waals surface area contributed by atoms with Gasteiger partial charge in [-0.1, -0.05) is 43.2 Å². The number of hydrogen-bond acceptors (Lipinski definition) is 7. The summed E-state index contributed by atoms with van der Waals surface area (Å²) in [6, 6.07) is 9.09. The number of rotatable bonds is 11. The predicted molar refractivity (Wildman–Crippen MR) is 124 cm³/mol. The monoisotopic (exact) mass is 477 g/mol. The van der Waals surface area contributed by atoms with E-state index in [0.717, 1.165) is 44.1 Å². The maximum Gasteiger partial charge on any atom is 0.520 e. The molecule has 1 aromatic carbocycles. The minimum absolute atomic E-state index is 0.00492. The first-order chi connectivity index (χ1) is 15.9. The number of carbonyl (C=O) groups is 3. The number of esters is 2. The number of ether oxygens (including phenoxy) is 1. The van der Waals surface area contributed by atoms with E-state index in [9.17, 15) is 18.9 Å². The third-order valence-electron chi connectivity index (χ3n) is 6.31. The second kappa shape index (κ2) is 12.9. The van der Waals surface area contributed by atoms with Crippen LogP contribution in [-0.4, -0.2) is 48.7 Å². The molecule has 1 saturated carbocycles. The van der Waals surface area contributed by atoms with Gasteiger partial charge in [-0.15, -0.1) is 4.52 Å². The summed E-state index contributed by atoms with van der Waals surface area (Å²) in [6.07, 6.45) is 5.63. The van der Waals surface area contributed by atoms with Crippen molar-refractivity contribution in [3.05, 3.63) is 35.9 Å². The fourth-order valence-corrected chi connectivity index (χ4v) is 5.25. The maximum atomic E-state index is 12.7. The number of hydrogen-bond donors (Lipinski definition) is 2. The molecule has 0 spiro atoms. The van der Waals surface area contributed by atoms with Crippen LogP contribution >= 0.6 is 8.03 Å². The van der Waals surface area contributed by atoms with Crippen LogP contribution in [-0.2, 0) is 34.6 Å². The van der Waals surface area contributed by atoms with Gasteiger partial charge in [-0.25, -0.2) is 9.59 Å². The van der Waals surface area contributed by atoms with E-state index in [0.29, 0.717) is 19.4 Å². The largest absolute Gasteiger partial charge is 0.520 e. The highest BCUT2D eigenvalue weighted by Gasteiger charge is 2.35. The molecule has 33 heavy (non-hydrogen) atoms. The quantitative estimate of drug-likeness (QED) is 0.286. The summed E-state index contributed by atoms with van der Waals surface area (Å²) < 4.78 is 22.9. The Labute approximate surface area is 196 Å². The van der Waals surface area contributed by atoms with Gasteiger partial charge < -0.3 is 15.4 Å². The number of benzene rings is 1. The molecule has 8 nitrogen and oxygen atoms in total. The van der Waals surface area contributed by atoms with E-state index in [2.05, 4.69) is 10.6 Å². The molecule has 1 heterocycles. The average molecular weight is 478 g/mol. The first-order valence-corrected chi connectivity index (χ1v) is 13.2. The van der Waals surface area contributed by atoms with Gasteiger partial charge in [-0.3, -0.25) is 4.79 Å². The summed E-state index contributed by atoms with van der Waals surface area (Å²) >= 11 is 0. The topological polar surface area (TPSA) is 111 Å². The summed E-state index contributed by atoms with van der Waals surface area (Å²) in [5.41, 5.74) is 1.14. The highest BCUT2D eigenvalue weighted by Crippen LogP contribution is 2.28. The second-order valence-corrected chi connectivity index (χ2v) is 10.1. The molecule has 9 heteroatoms. The number of carbonyl (C=O) groups excluding carboxylic acids is 3. The average Bonchev–Trinajstić information content (AvgIpc) is 3.51. The second-order valence-electron chi connectivity index (χ2n) is 8.86. The van der Waals surface area contributed by atoms with E-state index in [4.69, 9.17) is 9.26 Å². The normalized spacial score (nSPS) is 20.8. The number of nitrogens with one attached hydrogen (secondary N) is 2. The smallest absolute Gasteiger partial charge is 0.389 e. The predicted octanol–water partition coefficient (Wildman–Crippen LogP) is 3.26. The zero-order chi connectivity index (χ0) is 23.6. The fraction of sp³-hybridized carbons (Fsp3) is 0.625. The summed E-state index contributed by atoms with van der Waals surface area (Å²) in [6.45, 7) is 2.45. The lowest BCUT2D eigenvalue weighted by atomic mass is 10.00. The molecule has 3 unspecified atom stereocenters. The first kappa shape index (κ1) is 25.5. The van der Waals surface area contributed by atoms with E-state index in [-0.39, 0.29) is 17.9 Å². The van der Waals surface area contributed by atoms with Crippen molar-refractivity contribution in [2.45, 2.75) is 76.5 Å². The van der Waals surface area contributed by atoms with Crippen LogP contribution in [0.4, 0.5) is 0 Å². The van der Waals surface area contributed by atoms with Gasteiger partial charge in [0.2, 0.25) is 5.91 Å². The Kier molecular flexibility index (Phi) is 9.97. The summed E-state index contributed by atoms with van der Waals surface area (Å²) in [4.78, 5) is 36.7. The fourth-order valence-electron chi connectivity index (χ4n) is 4.38. The van der Waals surface area contributed by atoms with Crippen molar-refractivity contribution in [3.63, 3.8) is 0 Å². The van der Waals surface area contributed by atoms with E-state index in [1.807, 2.05) is 30.3 Å². The minimum Gasteiger partial charge on any atom is -0.389 e. The molecular formula is C24H34N2O6P+. The van der Waals surface area contributed by atoms with Gasteiger partial charge in [-0.2, -0.15) is 0 Å². The summed E-state index contributed by atoms with van der Waals surface area (Å²) in [7, 11) is -2.38. The zero-order valence-corrected chi connectivity index (χ0v) is 20.1. The molecule has 1 aromatic rings. The van der Waals surface area contributed by atoms with Crippen molar-refractivity contribution in [2.24, 2.45) is 5.92 Å². The summed E-state index contributed by atoms with van der Waals surface area (Å²) in [5, 5.41) is 6.05. The summed E-state index contributed by atoms with van der Waals surface area (Å²) in [5.74, 6) is -1.49. The van der Waals surface area contributed by atoms with Crippen molar-refractivity contribution in [2.75, 3.05) is 12.7 Å². The van der Waals surface area contributed by atoms with Crippen LogP contribution in [0.3, 0.4) is 0 Å². The third kappa shape index (κ3) is 8.29. The van der Waals surface area contributed by atoms with Crippen molar-refractivity contribution in [3.8, 4) is 0 Å². The Bertz CT molecular complexity index is 822. The molecule has 2 fully saturated rings. The molecule has 0 aromatic heterocycles. The van der Waals surface area contributed by atoms with E-state index < -0.39 is 38.3 Å². The SMILES string of the molecule is CC(O[P+](=O)CC(=O)OC(=O)[C@@H]1CCCN1)C(CCc1ccccc1)NC(=O)C1CCCC1. The van der Waals surface area contributed by atoms with Crippen molar-refractivity contribution in [1.29, 1.82) is 0 Å². The van der Waals surface area contributed by atoms with E-state index >= 15 is 0 Å². The molecule has 1 aliphatic carbocycles. The minimum atomic E-state index is -2.38. The Hall–Kier alpha value is -2.15. The highest BCUT2D eigenvalue weighted by atomic mass is 31.1. The molecular weight excluding hydrogens is 443 g/mol. The lowest BCUT2D eigenvalue weighted by Gasteiger charge is -2.23. The lowest BCUT2D eigenvalue weighted by Crippen LogP contribution is -2.45. The van der Waals surface area contributed by atoms with Gasteiger partial charge >= 0.3 is 20.0 Å². The van der Waals surface area contributed by atoms with Gasteiger partial charge in [0.1, 0.15) is 12.1 Å². The zero-order valence-electron chi connectivity index (χ0n) is 19.2. The van der Waals surface area contributed by atoms with Gasteiger partial charge in [0, 0.05) is 5.92 Å². The highest BCUT2D eigenvalue weighted by molar-refractivity contribution is 7.40. The molecule has 1 amide bonds. The van der Waals surface area contributed by atoms with Crippen LogP contribution in [0.15, 0.2) is 30.3 Å². The van der Waals surface area contributed by atoms with Crippen LogP contribution < -0.4 is 10.6 Å². The Balaban J connectivity index is 1.52. The van der Waals surface area contributed by atoms with Crippen LogP contribution in [0.2, 0.25) is 0 Å². The van der Waals surface area contributed by atoms with Crippen LogP contribution in [0.1, 0.15) is 57.4 Å². The molecule has 180 valence electrons. The molecule has 1 saturated heterocycles. The first-order valence-electron chi connectivity index (χ1n) is 11.9. The van der Waals surface area contributed by atoms with Gasteiger partial charge in [0.15, 0.2) is 0 Å².